The summed E-state index contributed by atoms with van der Waals surface area (Å²) in [6.07, 6.45) is 3.16. The largest absolute Gasteiger partial charge is 0.462 e. The van der Waals surface area contributed by atoms with E-state index in [1.165, 1.54) is 0 Å². The molecule has 1 fully saturated rings. The van der Waals surface area contributed by atoms with E-state index in [1.54, 1.807) is 6.07 Å². The first-order valence-corrected chi connectivity index (χ1v) is 6.32. The molecule has 1 aliphatic rings. The van der Waals surface area contributed by atoms with Gasteiger partial charge in [-0.2, -0.15) is 0 Å². The first kappa shape index (κ1) is 12.9. The van der Waals surface area contributed by atoms with Crippen molar-refractivity contribution in [1.82, 2.24) is 0 Å². The van der Waals surface area contributed by atoms with Crippen LogP contribution in [0.1, 0.15) is 35.2 Å². The SMILES string of the molecule is Cc1cccc(C(=O)OCCC2CCCO2)c1N. The molecule has 1 aromatic carbocycles. The molecular formula is C14H19NO3. The van der Waals surface area contributed by atoms with Gasteiger partial charge in [-0.25, -0.2) is 4.79 Å². The number of rotatable bonds is 4. The number of hydrogen-bond acceptors (Lipinski definition) is 4. The summed E-state index contributed by atoms with van der Waals surface area (Å²) in [5.74, 6) is -0.353. The minimum Gasteiger partial charge on any atom is -0.462 e. The maximum absolute atomic E-state index is 11.8. The van der Waals surface area contributed by atoms with Crippen LogP contribution in [0.25, 0.3) is 0 Å². The molecule has 4 nitrogen and oxygen atoms in total. The summed E-state index contributed by atoms with van der Waals surface area (Å²) in [6.45, 7) is 3.08. The van der Waals surface area contributed by atoms with Gasteiger partial charge in [-0.1, -0.05) is 12.1 Å². The molecule has 0 bridgehead atoms. The fourth-order valence-electron chi connectivity index (χ4n) is 2.09. The predicted octanol–water partition coefficient (Wildman–Crippen LogP) is 2.30. The molecule has 1 heterocycles. The van der Waals surface area contributed by atoms with Crippen molar-refractivity contribution in [2.75, 3.05) is 18.9 Å². The standard InChI is InChI=1S/C14H19NO3/c1-10-4-2-6-12(13(10)15)14(16)18-9-7-11-5-3-8-17-11/h2,4,6,11H,3,5,7-9,15H2,1H3. The Kier molecular flexibility index (Phi) is 4.20. The van der Waals surface area contributed by atoms with Crippen LogP contribution in [0, 0.1) is 6.92 Å². The van der Waals surface area contributed by atoms with Gasteiger partial charge in [0, 0.05) is 18.7 Å². The molecule has 2 N–H and O–H groups in total. The van der Waals surface area contributed by atoms with Gasteiger partial charge in [0.1, 0.15) is 0 Å². The zero-order valence-corrected chi connectivity index (χ0v) is 10.6. The van der Waals surface area contributed by atoms with Crippen molar-refractivity contribution in [1.29, 1.82) is 0 Å². The molecule has 1 saturated heterocycles. The fourth-order valence-corrected chi connectivity index (χ4v) is 2.09. The Morgan fingerprint density at radius 2 is 2.39 bits per heavy atom. The van der Waals surface area contributed by atoms with Crippen LogP contribution in [-0.2, 0) is 9.47 Å². The summed E-state index contributed by atoms with van der Waals surface area (Å²) >= 11 is 0. The second-order valence-corrected chi connectivity index (χ2v) is 4.60. The van der Waals surface area contributed by atoms with Crippen molar-refractivity contribution in [3.05, 3.63) is 29.3 Å². The number of carbonyl (C=O) groups is 1. The van der Waals surface area contributed by atoms with Crippen molar-refractivity contribution in [3.63, 3.8) is 0 Å². The summed E-state index contributed by atoms with van der Waals surface area (Å²) in [5, 5.41) is 0. The molecule has 0 saturated carbocycles. The maximum Gasteiger partial charge on any atom is 0.340 e. The maximum atomic E-state index is 11.8. The number of ether oxygens (including phenoxy) is 2. The van der Waals surface area contributed by atoms with Gasteiger partial charge in [-0.3, -0.25) is 0 Å². The van der Waals surface area contributed by atoms with E-state index >= 15 is 0 Å². The Bertz CT molecular complexity index is 425. The number of esters is 1. The first-order valence-electron chi connectivity index (χ1n) is 6.32. The van der Waals surface area contributed by atoms with Crippen LogP contribution in [0.5, 0.6) is 0 Å². The number of carbonyl (C=O) groups excluding carboxylic acids is 1. The van der Waals surface area contributed by atoms with E-state index in [2.05, 4.69) is 0 Å². The van der Waals surface area contributed by atoms with Gasteiger partial charge in [0.15, 0.2) is 0 Å². The Morgan fingerprint density at radius 1 is 1.56 bits per heavy atom. The molecule has 0 spiro atoms. The van der Waals surface area contributed by atoms with Crippen LogP contribution >= 0.6 is 0 Å². The molecule has 1 aliphatic heterocycles. The van der Waals surface area contributed by atoms with Crippen molar-refractivity contribution in [3.8, 4) is 0 Å². The van der Waals surface area contributed by atoms with E-state index in [-0.39, 0.29) is 12.1 Å². The van der Waals surface area contributed by atoms with Crippen molar-refractivity contribution in [2.24, 2.45) is 0 Å². The van der Waals surface area contributed by atoms with E-state index in [0.29, 0.717) is 17.9 Å². The van der Waals surface area contributed by atoms with Crippen molar-refractivity contribution in [2.45, 2.75) is 32.3 Å². The molecule has 4 heteroatoms. The van der Waals surface area contributed by atoms with Gasteiger partial charge in [-0.05, 0) is 31.4 Å². The van der Waals surface area contributed by atoms with Gasteiger partial charge >= 0.3 is 5.97 Å². The van der Waals surface area contributed by atoms with Gasteiger partial charge in [0.25, 0.3) is 0 Å². The van der Waals surface area contributed by atoms with Crippen LogP contribution < -0.4 is 5.73 Å². The van der Waals surface area contributed by atoms with Crippen molar-refractivity contribution >= 4 is 11.7 Å². The molecule has 0 radical (unpaired) electrons. The average molecular weight is 249 g/mol. The Hall–Kier alpha value is -1.55. The first-order chi connectivity index (χ1) is 8.68. The number of hydrogen-bond donors (Lipinski definition) is 1. The lowest BCUT2D eigenvalue weighted by molar-refractivity contribution is 0.0387. The lowest BCUT2D eigenvalue weighted by atomic mass is 10.1. The highest BCUT2D eigenvalue weighted by atomic mass is 16.5. The van der Waals surface area contributed by atoms with Gasteiger partial charge in [0.05, 0.1) is 18.3 Å². The van der Waals surface area contributed by atoms with Crippen LogP contribution in [0.4, 0.5) is 5.69 Å². The highest BCUT2D eigenvalue weighted by molar-refractivity contribution is 5.95. The quantitative estimate of drug-likeness (QED) is 0.657. The summed E-state index contributed by atoms with van der Waals surface area (Å²) in [6, 6.07) is 5.37. The van der Waals surface area contributed by atoms with E-state index in [0.717, 1.165) is 31.4 Å². The predicted molar refractivity (Wildman–Crippen MR) is 69.5 cm³/mol. The highest BCUT2D eigenvalue weighted by Crippen LogP contribution is 2.18. The third-order valence-electron chi connectivity index (χ3n) is 3.24. The summed E-state index contributed by atoms with van der Waals surface area (Å²) in [5.41, 5.74) is 7.69. The smallest absolute Gasteiger partial charge is 0.340 e. The Labute approximate surface area is 107 Å². The molecule has 2 rings (SSSR count). The zero-order valence-electron chi connectivity index (χ0n) is 10.6. The van der Waals surface area contributed by atoms with E-state index < -0.39 is 0 Å². The molecular weight excluding hydrogens is 230 g/mol. The Balaban J connectivity index is 1.85. The number of nitrogen functional groups attached to an aromatic ring is 1. The summed E-state index contributed by atoms with van der Waals surface area (Å²) in [4.78, 5) is 11.8. The molecule has 1 atom stereocenters. The summed E-state index contributed by atoms with van der Waals surface area (Å²) < 4.78 is 10.7. The minimum absolute atomic E-state index is 0.243. The number of para-hydroxylation sites is 1. The van der Waals surface area contributed by atoms with Gasteiger partial charge in [-0.15, -0.1) is 0 Å². The fraction of sp³-hybridized carbons (Fsp3) is 0.500. The van der Waals surface area contributed by atoms with E-state index in [1.807, 2.05) is 19.1 Å². The molecule has 1 unspecified atom stereocenters. The van der Waals surface area contributed by atoms with Gasteiger partial charge in [0.2, 0.25) is 0 Å². The molecule has 18 heavy (non-hydrogen) atoms. The van der Waals surface area contributed by atoms with Gasteiger partial charge < -0.3 is 15.2 Å². The Morgan fingerprint density at radius 3 is 3.11 bits per heavy atom. The second kappa shape index (κ2) is 5.87. The van der Waals surface area contributed by atoms with Crippen LogP contribution in [0.2, 0.25) is 0 Å². The normalized spacial score (nSPS) is 18.8. The second-order valence-electron chi connectivity index (χ2n) is 4.60. The zero-order chi connectivity index (χ0) is 13.0. The number of benzene rings is 1. The van der Waals surface area contributed by atoms with Crippen LogP contribution in [-0.4, -0.2) is 25.3 Å². The molecule has 0 aliphatic carbocycles. The van der Waals surface area contributed by atoms with E-state index in [4.69, 9.17) is 15.2 Å². The lowest BCUT2D eigenvalue weighted by Gasteiger charge is -2.11. The molecule has 0 aromatic heterocycles. The highest BCUT2D eigenvalue weighted by Gasteiger charge is 2.17. The minimum atomic E-state index is -0.353. The molecule has 98 valence electrons. The third-order valence-corrected chi connectivity index (χ3v) is 3.24. The van der Waals surface area contributed by atoms with E-state index in [9.17, 15) is 4.79 Å². The number of anilines is 1. The lowest BCUT2D eigenvalue weighted by Crippen LogP contribution is -2.14. The van der Waals surface area contributed by atoms with Crippen molar-refractivity contribution < 1.29 is 14.3 Å². The average Bonchev–Trinajstić information content (AvgIpc) is 2.85. The molecule has 0 amide bonds. The monoisotopic (exact) mass is 249 g/mol. The van der Waals surface area contributed by atoms with Crippen LogP contribution in [0.15, 0.2) is 18.2 Å². The number of nitrogens with two attached hydrogens (primary N) is 1. The summed E-state index contributed by atoms with van der Waals surface area (Å²) in [7, 11) is 0. The molecule has 1 aromatic rings. The van der Waals surface area contributed by atoms with Crippen LogP contribution in [0.3, 0.4) is 0 Å². The third kappa shape index (κ3) is 3.01. The topological polar surface area (TPSA) is 61.5 Å². The number of aryl methyl sites for hydroxylation is 1.